The van der Waals surface area contributed by atoms with E-state index in [1.165, 1.54) is 11.8 Å². The van der Waals surface area contributed by atoms with Crippen molar-refractivity contribution in [2.24, 2.45) is 17.4 Å². The second-order valence-electron chi connectivity index (χ2n) is 14.3. The summed E-state index contributed by atoms with van der Waals surface area (Å²) < 4.78 is 0. The van der Waals surface area contributed by atoms with Crippen molar-refractivity contribution in [1.29, 1.82) is 0 Å². The van der Waals surface area contributed by atoms with Crippen molar-refractivity contribution in [2.45, 2.75) is 94.7 Å². The molecule has 23 heteroatoms. The van der Waals surface area contributed by atoms with E-state index in [-0.39, 0.29) is 25.2 Å². The van der Waals surface area contributed by atoms with Gasteiger partial charge in [0.15, 0.2) is 0 Å². The fourth-order valence-electron chi connectivity index (χ4n) is 5.79. The number of rotatable bonds is 27. The Morgan fingerprint density at radius 2 is 1.22 bits per heavy atom. The molecule has 0 saturated heterocycles. The Morgan fingerprint density at radius 3 is 1.77 bits per heavy atom. The van der Waals surface area contributed by atoms with Crippen LogP contribution in [0.1, 0.15) is 51.5 Å². The molecule has 15 N–H and O–H groups in total. The van der Waals surface area contributed by atoms with Crippen LogP contribution in [0.25, 0.3) is 10.9 Å². The summed E-state index contributed by atoms with van der Waals surface area (Å²) in [6.07, 6.45) is 1.34. The van der Waals surface area contributed by atoms with Gasteiger partial charge < -0.3 is 68.8 Å². The molecule has 0 unspecified atom stereocenters. The van der Waals surface area contributed by atoms with E-state index in [0.29, 0.717) is 11.3 Å². The van der Waals surface area contributed by atoms with E-state index >= 15 is 0 Å². The SMILES string of the molecule is CSCC[C@H](NC(=O)[C@H](CC(N)=O)NC(=O)[C@H](Cc1c[nH]c2ccccc12)NC(=O)[C@@H](N)CO)C(=O)N[C@@H](CC(C)C)C(=O)N[C@@H](CCC(=O)O)C(=O)N[C@@H](CO)C(=O)O. The fraction of sp³-hybridized carbons (Fsp3) is 0.541. The van der Waals surface area contributed by atoms with Gasteiger partial charge in [0.2, 0.25) is 41.4 Å². The smallest absolute Gasteiger partial charge is 0.328 e. The number of nitrogens with one attached hydrogen (secondary N) is 7. The van der Waals surface area contributed by atoms with E-state index in [4.69, 9.17) is 11.5 Å². The number of aliphatic hydroxyl groups excluding tert-OH is 2. The molecule has 22 nitrogen and oxygen atoms in total. The van der Waals surface area contributed by atoms with Crippen LogP contribution >= 0.6 is 11.8 Å². The van der Waals surface area contributed by atoms with Gasteiger partial charge >= 0.3 is 11.9 Å². The van der Waals surface area contributed by atoms with Gasteiger partial charge in [-0.15, -0.1) is 0 Å². The van der Waals surface area contributed by atoms with Crippen LogP contribution in [0, 0.1) is 5.92 Å². The maximum atomic E-state index is 13.8. The molecule has 0 aliphatic heterocycles. The summed E-state index contributed by atoms with van der Waals surface area (Å²) in [5, 5.41) is 52.2. The van der Waals surface area contributed by atoms with E-state index in [2.05, 4.69) is 31.6 Å². The summed E-state index contributed by atoms with van der Waals surface area (Å²) in [6.45, 7) is 1.70. The number of aromatic nitrogens is 1. The number of carboxylic acid groups (broad SMARTS) is 2. The number of aromatic amines is 1. The van der Waals surface area contributed by atoms with Crippen LogP contribution in [-0.2, 0) is 49.6 Å². The lowest BCUT2D eigenvalue weighted by Crippen LogP contribution is -2.60. The molecule has 1 heterocycles. The molecule has 332 valence electrons. The number of primary amides is 1. The molecule has 0 aliphatic carbocycles. The number of aliphatic hydroxyl groups is 2. The highest BCUT2D eigenvalue weighted by atomic mass is 32.2. The van der Waals surface area contributed by atoms with Crippen molar-refractivity contribution in [2.75, 3.05) is 25.2 Å². The minimum absolute atomic E-state index is 0.0216. The summed E-state index contributed by atoms with van der Waals surface area (Å²) in [4.78, 5) is 119. The van der Waals surface area contributed by atoms with Gasteiger partial charge in [-0.3, -0.25) is 38.4 Å². The monoisotopic (exact) mass is 865 g/mol. The minimum Gasteiger partial charge on any atom is -0.481 e. The van der Waals surface area contributed by atoms with Crippen molar-refractivity contribution in [3.63, 3.8) is 0 Å². The molecule has 60 heavy (non-hydrogen) atoms. The minimum atomic E-state index is -1.76. The summed E-state index contributed by atoms with van der Waals surface area (Å²) >= 11 is 1.31. The zero-order valence-corrected chi connectivity index (χ0v) is 34.2. The molecule has 0 spiro atoms. The van der Waals surface area contributed by atoms with E-state index in [1.807, 2.05) is 5.32 Å². The Hall–Kier alpha value is -5.78. The van der Waals surface area contributed by atoms with Crippen LogP contribution < -0.4 is 43.4 Å². The second kappa shape index (κ2) is 25.0. The van der Waals surface area contributed by atoms with Gasteiger partial charge in [0.05, 0.1) is 19.6 Å². The highest BCUT2D eigenvalue weighted by Crippen LogP contribution is 2.19. The van der Waals surface area contributed by atoms with Gasteiger partial charge in [-0.2, -0.15) is 11.8 Å². The fourth-order valence-corrected chi connectivity index (χ4v) is 6.26. The summed E-state index contributed by atoms with van der Waals surface area (Å²) in [6, 6.07) is -3.44. The second-order valence-corrected chi connectivity index (χ2v) is 15.2. The van der Waals surface area contributed by atoms with E-state index in [0.717, 1.165) is 10.9 Å². The molecule has 1 aromatic carbocycles. The maximum Gasteiger partial charge on any atom is 0.328 e. The average Bonchev–Trinajstić information content (AvgIpc) is 3.60. The average molecular weight is 866 g/mol. The Morgan fingerprint density at radius 1 is 0.700 bits per heavy atom. The Balaban J connectivity index is 2.37. The Kier molecular flexibility index (Phi) is 21.0. The van der Waals surface area contributed by atoms with Gasteiger partial charge in [-0.05, 0) is 48.8 Å². The van der Waals surface area contributed by atoms with Gasteiger partial charge in [-0.25, -0.2) is 4.79 Å². The normalized spacial score (nSPS) is 14.7. The van der Waals surface area contributed by atoms with Gasteiger partial charge in [0, 0.05) is 29.9 Å². The first-order valence-electron chi connectivity index (χ1n) is 18.9. The van der Waals surface area contributed by atoms with Crippen LogP contribution in [0.3, 0.4) is 0 Å². The van der Waals surface area contributed by atoms with Gasteiger partial charge in [0.1, 0.15) is 42.3 Å². The molecule has 0 saturated carbocycles. The number of aliphatic carboxylic acids is 2. The van der Waals surface area contributed by atoms with Crippen LogP contribution in [0.4, 0.5) is 0 Å². The number of para-hydroxylation sites is 1. The summed E-state index contributed by atoms with van der Waals surface area (Å²) in [5.74, 6) is -9.67. The topological polar surface area (TPSA) is 375 Å². The van der Waals surface area contributed by atoms with E-state index in [1.54, 1.807) is 50.6 Å². The molecule has 7 amide bonds. The molecule has 0 fully saturated rings. The van der Waals surface area contributed by atoms with Crippen molar-refractivity contribution in [3.05, 3.63) is 36.0 Å². The lowest BCUT2D eigenvalue weighted by atomic mass is 10.0. The molecule has 0 aliphatic rings. The van der Waals surface area contributed by atoms with Crippen LogP contribution in [0.15, 0.2) is 30.5 Å². The number of thioether (sulfide) groups is 1. The lowest BCUT2D eigenvalue weighted by molar-refractivity contribution is -0.144. The summed E-state index contributed by atoms with van der Waals surface area (Å²) in [5.41, 5.74) is 12.4. The molecular formula is C37H55N9O13S. The van der Waals surface area contributed by atoms with E-state index in [9.17, 15) is 63.6 Å². The van der Waals surface area contributed by atoms with Crippen LogP contribution in [-0.4, -0.2) is 146 Å². The predicted octanol–water partition coefficient (Wildman–Crippen LogP) is -3.44. The highest BCUT2D eigenvalue weighted by molar-refractivity contribution is 7.98. The molecule has 0 radical (unpaired) electrons. The molecule has 0 bridgehead atoms. The van der Waals surface area contributed by atoms with Gasteiger partial charge in [0.25, 0.3) is 0 Å². The number of carbonyl (C=O) groups excluding carboxylic acids is 7. The first-order valence-corrected chi connectivity index (χ1v) is 20.3. The number of hydrogen-bond donors (Lipinski definition) is 13. The largest absolute Gasteiger partial charge is 0.481 e. The van der Waals surface area contributed by atoms with Crippen molar-refractivity contribution in [3.8, 4) is 0 Å². The molecule has 1 aromatic heterocycles. The number of nitrogens with two attached hydrogens (primary N) is 2. The number of H-pyrrole nitrogens is 1. The van der Waals surface area contributed by atoms with Crippen molar-refractivity contribution in [1.82, 2.24) is 36.9 Å². The third-order valence-corrected chi connectivity index (χ3v) is 9.61. The number of fused-ring (bicyclic) bond motifs is 1. The predicted molar refractivity (Wildman–Crippen MR) is 217 cm³/mol. The van der Waals surface area contributed by atoms with Crippen molar-refractivity contribution >= 4 is 76.0 Å². The van der Waals surface area contributed by atoms with Gasteiger partial charge in [-0.1, -0.05) is 32.0 Å². The number of hydrogen-bond acceptors (Lipinski definition) is 13. The molecule has 7 atom stereocenters. The number of carboxylic acids is 2. The number of carbonyl (C=O) groups is 9. The Bertz CT molecular complexity index is 1840. The lowest BCUT2D eigenvalue weighted by Gasteiger charge is -2.28. The first-order chi connectivity index (χ1) is 28.3. The Labute approximate surface area is 349 Å². The van der Waals surface area contributed by atoms with E-state index < -0.39 is 128 Å². The highest BCUT2D eigenvalue weighted by Gasteiger charge is 2.34. The third-order valence-electron chi connectivity index (χ3n) is 8.96. The zero-order chi connectivity index (χ0) is 45.1. The zero-order valence-electron chi connectivity index (χ0n) is 33.4. The first kappa shape index (κ1) is 50.4. The summed E-state index contributed by atoms with van der Waals surface area (Å²) in [7, 11) is 0. The third kappa shape index (κ3) is 16.5. The van der Waals surface area contributed by atoms with Crippen LogP contribution in [0.2, 0.25) is 0 Å². The van der Waals surface area contributed by atoms with Crippen molar-refractivity contribution < 1.29 is 63.6 Å². The quantitative estimate of drug-likeness (QED) is 0.0415. The molecular weight excluding hydrogens is 811 g/mol. The molecule has 2 rings (SSSR count). The maximum absolute atomic E-state index is 13.8. The van der Waals surface area contributed by atoms with Crippen LogP contribution in [0.5, 0.6) is 0 Å². The standard InChI is InChI=1S/C37H55N9O13S/c1-18(2)12-25(34(55)41-23(8-9-30(50)51)32(53)46-28(17-48)37(58)59)44-33(54)24(10-11-60-3)42-36(57)27(14-29(39)49)45-35(56)26(43-31(52)21(38)16-47)13-19-15-40-22-7-5-4-6-20(19)22/h4-7,15,18,21,23-28,40,47-48H,8-14,16-17,38H2,1-3H3,(H2,39,49)(H,41,55)(H,42,57)(H,43,52)(H,44,54)(H,45,56)(H,46,53)(H,50,51)(H,58,59)/t21-,23-,24-,25-,26-,27-,28-/m0/s1. The number of benzene rings is 1. The number of amides is 7. The molecule has 2 aromatic rings.